The second kappa shape index (κ2) is 8.63. The van der Waals surface area contributed by atoms with Crippen LogP contribution in [0.4, 0.5) is 5.13 Å². The molecule has 2 aromatic carbocycles. The van der Waals surface area contributed by atoms with Crippen LogP contribution in [0, 0.1) is 0 Å². The van der Waals surface area contributed by atoms with E-state index in [1.165, 1.54) is 39.9 Å². The Labute approximate surface area is 184 Å². The summed E-state index contributed by atoms with van der Waals surface area (Å²) in [6, 6.07) is 11.4. The average Bonchev–Trinajstić information content (AvgIpc) is 3.15. The molecule has 0 bridgehead atoms. The molecule has 1 aromatic heterocycles. The number of benzene rings is 2. The largest absolute Gasteiger partial charge is 0.298 e. The molecule has 30 heavy (non-hydrogen) atoms. The number of sulfonamides is 1. The Morgan fingerprint density at radius 3 is 2.53 bits per heavy atom. The molecule has 0 radical (unpaired) electrons. The molecule has 1 amide bonds. The molecule has 9 heteroatoms. The fraction of sp³-hybridized carbons (Fsp3) is 0.333. The first-order valence-electron chi connectivity index (χ1n) is 9.80. The van der Waals surface area contributed by atoms with Gasteiger partial charge in [0.25, 0.3) is 5.91 Å². The summed E-state index contributed by atoms with van der Waals surface area (Å²) in [5, 5.41) is 3.84. The average molecular weight is 464 g/mol. The molecular formula is C21H22ClN3O3S2. The van der Waals surface area contributed by atoms with Gasteiger partial charge in [0.2, 0.25) is 10.0 Å². The Morgan fingerprint density at radius 1 is 1.13 bits per heavy atom. The van der Waals surface area contributed by atoms with Crippen LogP contribution in [0.15, 0.2) is 47.4 Å². The number of fused-ring (bicyclic) bond motifs is 1. The molecule has 0 unspecified atom stereocenters. The van der Waals surface area contributed by atoms with E-state index in [1.807, 2.05) is 0 Å². The van der Waals surface area contributed by atoms with E-state index in [0.29, 0.717) is 15.7 Å². The highest BCUT2D eigenvalue weighted by Crippen LogP contribution is 2.29. The Balaban J connectivity index is 1.48. The number of aromatic nitrogens is 1. The second-order valence-electron chi connectivity index (χ2n) is 7.42. The van der Waals surface area contributed by atoms with Crippen LogP contribution in [0.3, 0.4) is 0 Å². The summed E-state index contributed by atoms with van der Waals surface area (Å²) in [6.07, 6.45) is 5.06. The maximum atomic E-state index is 12.9. The van der Waals surface area contributed by atoms with Gasteiger partial charge in [-0.15, -0.1) is 0 Å². The summed E-state index contributed by atoms with van der Waals surface area (Å²) >= 11 is 7.32. The van der Waals surface area contributed by atoms with E-state index in [2.05, 4.69) is 10.3 Å². The molecule has 1 N–H and O–H groups in total. The first kappa shape index (κ1) is 21.2. The molecule has 4 rings (SSSR count). The topological polar surface area (TPSA) is 79.4 Å². The van der Waals surface area contributed by atoms with Crippen LogP contribution in [-0.4, -0.2) is 36.7 Å². The molecule has 1 aliphatic carbocycles. The lowest BCUT2D eigenvalue weighted by molar-refractivity contribution is 0.102. The van der Waals surface area contributed by atoms with Gasteiger partial charge in [0, 0.05) is 23.7 Å². The Hall–Kier alpha value is -2.00. The minimum Gasteiger partial charge on any atom is -0.298 e. The van der Waals surface area contributed by atoms with Crippen LogP contribution in [0.5, 0.6) is 0 Å². The van der Waals surface area contributed by atoms with Crippen molar-refractivity contribution in [2.45, 2.75) is 43.0 Å². The summed E-state index contributed by atoms with van der Waals surface area (Å²) in [4.78, 5) is 17.1. The van der Waals surface area contributed by atoms with Crippen LogP contribution in [0.25, 0.3) is 10.2 Å². The number of nitrogens with one attached hydrogen (secondary N) is 1. The lowest BCUT2D eigenvalue weighted by atomic mass is 9.96. The van der Waals surface area contributed by atoms with Crippen molar-refractivity contribution in [3.05, 3.63) is 53.1 Å². The molecule has 0 spiro atoms. The van der Waals surface area contributed by atoms with Crippen molar-refractivity contribution in [3.8, 4) is 0 Å². The molecule has 0 saturated heterocycles. The SMILES string of the molecule is CN(C1CCCCC1)S(=O)(=O)c1ccc(C(=O)Nc2nc3ccc(Cl)cc3s2)cc1. The number of rotatable bonds is 5. The molecule has 1 heterocycles. The highest BCUT2D eigenvalue weighted by atomic mass is 35.5. The normalized spacial score (nSPS) is 15.6. The zero-order valence-electron chi connectivity index (χ0n) is 16.5. The van der Waals surface area contributed by atoms with E-state index in [1.54, 1.807) is 25.2 Å². The van der Waals surface area contributed by atoms with Crippen LogP contribution < -0.4 is 5.32 Å². The quantitative estimate of drug-likeness (QED) is 0.567. The van der Waals surface area contributed by atoms with Crippen molar-refractivity contribution in [2.24, 2.45) is 0 Å². The van der Waals surface area contributed by atoms with Crippen LogP contribution in [-0.2, 0) is 10.0 Å². The van der Waals surface area contributed by atoms with Gasteiger partial charge in [0.15, 0.2) is 5.13 Å². The maximum Gasteiger partial charge on any atom is 0.257 e. The number of amides is 1. The fourth-order valence-electron chi connectivity index (χ4n) is 3.71. The third kappa shape index (κ3) is 4.37. The van der Waals surface area contributed by atoms with E-state index in [9.17, 15) is 13.2 Å². The monoisotopic (exact) mass is 463 g/mol. The molecule has 158 valence electrons. The van der Waals surface area contributed by atoms with E-state index < -0.39 is 10.0 Å². The number of carbonyl (C=O) groups excluding carboxylic acids is 1. The predicted octanol–water partition coefficient (Wildman–Crippen LogP) is 5.16. The van der Waals surface area contributed by atoms with E-state index in [-0.39, 0.29) is 16.8 Å². The number of thiazole rings is 1. The Kier molecular flexibility index (Phi) is 6.11. The van der Waals surface area contributed by atoms with Gasteiger partial charge in [-0.25, -0.2) is 13.4 Å². The van der Waals surface area contributed by atoms with Crippen molar-refractivity contribution < 1.29 is 13.2 Å². The summed E-state index contributed by atoms with van der Waals surface area (Å²) < 4.78 is 28.2. The summed E-state index contributed by atoms with van der Waals surface area (Å²) in [5.41, 5.74) is 1.12. The smallest absolute Gasteiger partial charge is 0.257 e. The molecule has 0 atom stereocenters. The minimum absolute atomic E-state index is 0.0410. The van der Waals surface area contributed by atoms with Gasteiger partial charge in [-0.05, 0) is 55.3 Å². The highest BCUT2D eigenvalue weighted by molar-refractivity contribution is 7.89. The number of hydrogen-bond acceptors (Lipinski definition) is 5. The zero-order valence-corrected chi connectivity index (χ0v) is 18.9. The number of anilines is 1. The zero-order chi connectivity index (χ0) is 21.3. The van der Waals surface area contributed by atoms with Gasteiger partial charge in [-0.2, -0.15) is 4.31 Å². The van der Waals surface area contributed by atoms with Crippen molar-refractivity contribution in [3.63, 3.8) is 0 Å². The van der Waals surface area contributed by atoms with Crippen molar-refractivity contribution in [2.75, 3.05) is 12.4 Å². The number of hydrogen-bond donors (Lipinski definition) is 1. The van der Waals surface area contributed by atoms with Gasteiger partial charge < -0.3 is 0 Å². The van der Waals surface area contributed by atoms with Gasteiger partial charge in [-0.3, -0.25) is 10.1 Å². The molecule has 1 aliphatic rings. The van der Waals surface area contributed by atoms with Crippen molar-refractivity contribution >= 4 is 54.2 Å². The molecule has 3 aromatic rings. The van der Waals surface area contributed by atoms with Crippen LogP contribution >= 0.6 is 22.9 Å². The molecule has 6 nitrogen and oxygen atoms in total. The van der Waals surface area contributed by atoms with E-state index >= 15 is 0 Å². The van der Waals surface area contributed by atoms with Crippen molar-refractivity contribution in [1.82, 2.24) is 9.29 Å². The Morgan fingerprint density at radius 2 is 1.83 bits per heavy atom. The Bertz CT molecular complexity index is 1170. The first-order valence-corrected chi connectivity index (χ1v) is 12.4. The number of halogens is 1. The number of nitrogens with zero attached hydrogens (tertiary/aromatic N) is 2. The summed E-state index contributed by atoms with van der Waals surface area (Å²) in [6.45, 7) is 0. The third-order valence-electron chi connectivity index (χ3n) is 5.45. The van der Waals surface area contributed by atoms with Crippen LogP contribution in [0.2, 0.25) is 5.02 Å². The minimum atomic E-state index is -3.58. The fourth-order valence-corrected chi connectivity index (χ4v) is 6.26. The third-order valence-corrected chi connectivity index (χ3v) is 8.55. The van der Waals surface area contributed by atoms with Gasteiger partial charge in [-0.1, -0.05) is 42.2 Å². The molecule has 1 saturated carbocycles. The predicted molar refractivity (Wildman–Crippen MR) is 121 cm³/mol. The molecule has 1 fully saturated rings. The van der Waals surface area contributed by atoms with Gasteiger partial charge in [0.1, 0.15) is 0 Å². The van der Waals surface area contributed by atoms with E-state index in [0.717, 1.165) is 42.3 Å². The maximum absolute atomic E-state index is 12.9. The van der Waals surface area contributed by atoms with Crippen LogP contribution in [0.1, 0.15) is 42.5 Å². The number of carbonyl (C=O) groups is 1. The summed E-state index contributed by atoms with van der Waals surface area (Å²) in [7, 11) is -1.94. The second-order valence-corrected chi connectivity index (χ2v) is 10.9. The summed E-state index contributed by atoms with van der Waals surface area (Å²) in [5.74, 6) is -0.343. The molecule has 0 aliphatic heterocycles. The standard InChI is InChI=1S/C21H22ClN3O3S2/c1-25(16-5-3-2-4-6-16)30(27,28)17-10-7-14(8-11-17)20(26)24-21-23-18-12-9-15(22)13-19(18)29-21/h7-13,16H,2-6H2,1H3,(H,23,24,26). The lowest BCUT2D eigenvalue weighted by Crippen LogP contribution is -2.38. The highest BCUT2D eigenvalue weighted by Gasteiger charge is 2.29. The molecular weight excluding hydrogens is 442 g/mol. The van der Waals surface area contributed by atoms with Gasteiger partial charge >= 0.3 is 0 Å². The first-order chi connectivity index (χ1) is 14.3. The lowest BCUT2D eigenvalue weighted by Gasteiger charge is -2.30. The van der Waals surface area contributed by atoms with E-state index in [4.69, 9.17) is 11.6 Å². The van der Waals surface area contributed by atoms with Gasteiger partial charge in [0.05, 0.1) is 15.1 Å². The van der Waals surface area contributed by atoms with Crippen molar-refractivity contribution in [1.29, 1.82) is 0 Å².